The quantitative estimate of drug-likeness (QED) is 0.730. The summed E-state index contributed by atoms with van der Waals surface area (Å²) in [5.74, 6) is 0.488. The first-order valence-corrected chi connectivity index (χ1v) is 4.50. The van der Waals surface area contributed by atoms with Crippen LogP contribution in [0.4, 0.5) is 0 Å². The van der Waals surface area contributed by atoms with Crippen molar-refractivity contribution in [3.8, 4) is 0 Å². The molecular weight excluding hydrogens is 236 g/mol. The highest BCUT2D eigenvalue weighted by atomic mass is 79.9. The van der Waals surface area contributed by atoms with Crippen molar-refractivity contribution in [3.63, 3.8) is 0 Å². The van der Waals surface area contributed by atoms with Gasteiger partial charge in [0.05, 0.1) is 0 Å². The van der Waals surface area contributed by atoms with Gasteiger partial charge in [-0.05, 0) is 12.3 Å². The molecule has 1 fully saturated rings. The molecule has 0 aliphatic heterocycles. The molecule has 1 N–H and O–H groups in total. The van der Waals surface area contributed by atoms with Crippen molar-refractivity contribution >= 4 is 31.9 Å². The van der Waals surface area contributed by atoms with Crippen molar-refractivity contribution in [1.29, 1.82) is 0 Å². The summed E-state index contributed by atoms with van der Waals surface area (Å²) in [6, 6.07) is 0. The monoisotopic (exact) mass is 242 g/mol. The van der Waals surface area contributed by atoms with Gasteiger partial charge < -0.3 is 5.11 Å². The summed E-state index contributed by atoms with van der Waals surface area (Å²) in [7, 11) is 0. The molecular formula is C5H8Br2O. The number of hydrogen-bond donors (Lipinski definition) is 1. The van der Waals surface area contributed by atoms with Crippen LogP contribution in [0, 0.1) is 5.92 Å². The third-order valence-electron chi connectivity index (χ3n) is 1.60. The van der Waals surface area contributed by atoms with Crippen LogP contribution in [0.15, 0.2) is 0 Å². The Labute approximate surface area is 65.7 Å². The first-order chi connectivity index (χ1) is 3.73. The number of aliphatic hydroxyl groups excluding tert-OH is 1. The lowest BCUT2D eigenvalue weighted by Gasteiger charge is -1.99. The highest BCUT2D eigenvalue weighted by molar-refractivity contribution is 9.12. The number of halogens is 2. The summed E-state index contributed by atoms with van der Waals surface area (Å²) >= 11 is 6.86. The van der Waals surface area contributed by atoms with Crippen LogP contribution in [-0.2, 0) is 0 Å². The van der Waals surface area contributed by atoms with E-state index < -0.39 is 0 Å². The third kappa shape index (κ3) is 1.09. The normalized spacial score (nSPS) is 44.6. The molecule has 0 amide bonds. The molecule has 1 aliphatic rings. The number of rotatable bonds is 2. The third-order valence-corrected chi connectivity index (χ3v) is 4.60. The molecule has 0 aromatic heterocycles. The zero-order chi connectivity index (χ0) is 6.20. The van der Waals surface area contributed by atoms with E-state index in [2.05, 4.69) is 31.9 Å². The lowest BCUT2D eigenvalue weighted by atomic mass is 10.4. The molecule has 3 heteroatoms. The Hall–Kier alpha value is 0.920. The highest BCUT2D eigenvalue weighted by Crippen LogP contribution is 2.51. The first kappa shape index (κ1) is 7.03. The average Bonchev–Trinajstić information content (AvgIpc) is 2.44. The fourth-order valence-electron chi connectivity index (χ4n) is 0.743. The first-order valence-electron chi connectivity index (χ1n) is 2.58. The van der Waals surface area contributed by atoms with Crippen molar-refractivity contribution in [1.82, 2.24) is 0 Å². The average molecular weight is 244 g/mol. The summed E-state index contributed by atoms with van der Waals surface area (Å²) < 4.78 is 0.238. The van der Waals surface area contributed by atoms with Crippen LogP contribution in [0.3, 0.4) is 0 Å². The maximum absolute atomic E-state index is 8.62. The molecule has 0 heterocycles. The molecule has 0 unspecified atom stereocenters. The van der Waals surface area contributed by atoms with Gasteiger partial charge in [0.2, 0.25) is 0 Å². The van der Waals surface area contributed by atoms with Gasteiger partial charge in [0, 0.05) is 16.3 Å². The smallest absolute Gasteiger partial charge is 0.0473 e. The van der Waals surface area contributed by atoms with E-state index in [1.54, 1.807) is 0 Å². The lowest BCUT2D eigenvalue weighted by Crippen LogP contribution is -2.04. The maximum Gasteiger partial charge on any atom is 0.0473 e. The molecule has 0 radical (unpaired) electrons. The van der Waals surface area contributed by atoms with Crippen molar-refractivity contribution in [2.45, 2.75) is 10.7 Å². The van der Waals surface area contributed by atoms with Crippen LogP contribution in [0.5, 0.6) is 0 Å². The molecule has 1 saturated carbocycles. The van der Waals surface area contributed by atoms with Crippen molar-refractivity contribution < 1.29 is 5.11 Å². The van der Waals surface area contributed by atoms with Gasteiger partial charge in [-0.2, -0.15) is 0 Å². The number of aliphatic hydroxyl groups is 1. The second-order valence-corrected chi connectivity index (χ2v) is 4.39. The maximum atomic E-state index is 8.62. The minimum absolute atomic E-state index is 0.238. The molecule has 0 aromatic rings. The van der Waals surface area contributed by atoms with E-state index in [9.17, 15) is 0 Å². The van der Waals surface area contributed by atoms with Gasteiger partial charge in [-0.15, -0.1) is 0 Å². The minimum atomic E-state index is 0.238. The van der Waals surface area contributed by atoms with Crippen LogP contribution in [-0.4, -0.2) is 21.4 Å². The van der Waals surface area contributed by atoms with E-state index in [-0.39, 0.29) is 4.32 Å². The Kier molecular flexibility index (Phi) is 2.00. The molecule has 1 nitrogen and oxygen atoms in total. The van der Waals surface area contributed by atoms with E-state index in [0.29, 0.717) is 12.5 Å². The zero-order valence-electron chi connectivity index (χ0n) is 4.40. The van der Waals surface area contributed by atoms with Gasteiger partial charge in [-0.1, -0.05) is 31.9 Å². The van der Waals surface area contributed by atoms with E-state index in [1.807, 2.05) is 0 Å². The zero-order valence-corrected chi connectivity index (χ0v) is 7.57. The Morgan fingerprint density at radius 1 is 1.75 bits per heavy atom. The summed E-state index contributed by atoms with van der Waals surface area (Å²) in [6.07, 6.45) is 1.11. The molecule has 0 bridgehead atoms. The number of hydrogen-bond acceptors (Lipinski definition) is 1. The fourth-order valence-corrected chi connectivity index (χ4v) is 1.96. The minimum Gasteiger partial charge on any atom is -0.396 e. The summed E-state index contributed by atoms with van der Waals surface area (Å²) in [4.78, 5) is 0. The Bertz CT molecular complexity index is 96.4. The van der Waals surface area contributed by atoms with Crippen LogP contribution < -0.4 is 0 Å². The highest BCUT2D eigenvalue weighted by Gasteiger charge is 2.50. The van der Waals surface area contributed by atoms with Crippen molar-refractivity contribution in [2.75, 3.05) is 11.9 Å². The topological polar surface area (TPSA) is 20.2 Å². The molecule has 48 valence electrons. The fraction of sp³-hybridized carbons (Fsp3) is 1.00. The largest absolute Gasteiger partial charge is 0.396 e. The lowest BCUT2D eigenvalue weighted by molar-refractivity contribution is 0.273. The Balaban J connectivity index is 2.31. The summed E-state index contributed by atoms with van der Waals surface area (Å²) in [5.41, 5.74) is 0. The van der Waals surface area contributed by atoms with Gasteiger partial charge in [-0.3, -0.25) is 0 Å². The van der Waals surface area contributed by atoms with Crippen LogP contribution in [0.1, 0.15) is 6.42 Å². The Morgan fingerprint density at radius 2 is 2.38 bits per heavy atom. The molecule has 1 aliphatic carbocycles. The standard InChI is InChI=1S/C5H8Br2O/c6-3-5(7)1-4(5)2-8/h4,8H,1-3H2/t4-,5-/m0/s1. The van der Waals surface area contributed by atoms with Gasteiger partial charge in [0.25, 0.3) is 0 Å². The second kappa shape index (κ2) is 2.27. The van der Waals surface area contributed by atoms with Crippen LogP contribution in [0.2, 0.25) is 0 Å². The van der Waals surface area contributed by atoms with Crippen LogP contribution in [0.25, 0.3) is 0 Å². The Morgan fingerprint density at radius 3 is 2.50 bits per heavy atom. The summed E-state index contributed by atoms with van der Waals surface area (Å²) in [6.45, 7) is 0.316. The van der Waals surface area contributed by atoms with E-state index >= 15 is 0 Å². The second-order valence-electron chi connectivity index (χ2n) is 2.25. The molecule has 0 aromatic carbocycles. The van der Waals surface area contributed by atoms with E-state index in [0.717, 1.165) is 11.8 Å². The predicted octanol–water partition coefficient (Wildman–Crippen LogP) is 1.53. The SMILES string of the molecule is OC[C@@H]1C[C@]1(Br)CBr. The van der Waals surface area contributed by atoms with E-state index in [1.165, 1.54) is 0 Å². The van der Waals surface area contributed by atoms with Crippen LogP contribution >= 0.6 is 31.9 Å². The number of alkyl halides is 2. The molecule has 1 rings (SSSR count). The molecule has 8 heavy (non-hydrogen) atoms. The molecule has 0 spiro atoms. The van der Waals surface area contributed by atoms with Gasteiger partial charge in [-0.25, -0.2) is 0 Å². The summed E-state index contributed by atoms with van der Waals surface area (Å²) in [5, 5.41) is 9.57. The van der Waals surface area contributed by atoms with Crippen molar-refractivity contribution in [3.05, 3.63) is 0 Å². The predicted molar refractivity (Wildman–Crippen MR) is 40.6 cm³/mol. The molecule has 2 atom stereocenters. The van der Waals surface area contributed by atoms with E-state index in [4.69, 9.17) is 5.11 Å². The van der Waals surface area contributed by atoms with Gasteiger partial charge in [0.1, 0.15) is 0 Å². The van der Waals surface area contributed by atoms with Gasteiger partial charge in [0.15, 0.2) is 0 Å². The van der Waals surface area contributed by atoms with Gasteiger partial charge >= 0.3 is 0 Å². The molecule has 0 saturated heterocycles. The van der Waals surface area contributed by atoms with Crippen molar-refractivity contribution in [2.24, 2.45) is 5.92 Å².